The van der Waals surface area contributed by atoms with Crippen molar-refractivity contribution in [3.05, 3.63) is 24.4 Å². The highest BCUT2D eigenvalue weighted by atomic mass is 16.5. The fraction of sp³-hybridized carbons (Fsp3) is 0.600. The lowest BCUT2D eigenvalue weighted by molar-refractivity contribution is -0.120. The van der Waals surface area contributed by atoms with Crippen molar-refractivity contribution in [3.63, 3.8) is 0 Å². The van der Waals surface area contributed by atoms with Crippen LogP contribution in [0.4, 0.5) is 5.69 Å². The third-order valence-electron chi connectivity index (χ3n) is 7.01. The number of hydrogen-bond donors (Lipinski definition) is 2. The van der Waals surface area contributed by atoms with Crippen LogP contribution in [-0.2, 0) is 22.5 Å². The minimum Gasteiger partial charge on any atom is -0.444 e. The molecule has 2 N–H and O–H groups in total. The molecule has 2 fully saturated rings. The molecule has 2 saturated heterocycles. The van der Waals surface area contributed by atoms with Gasteiger partial charge >= 0.3 is 0 Å². The third kappa shape index (κ3) is 5.69. The van der Waals surface area contributed by atoms with Crippen LogP contribution in [0.5, 0.6) is 0 Å². The molecule has 0 spiro atoms. The molecule has 1 amide bonds. The molecule has 0 aromatic carbocycles. The molecule has 11 heteroatoms. The topological polar surface area (TPSA) is 114 Å². The molecule has 194 valence electrons. The van der Waals surface area contributed by atoms with Gasteiger partial charge in [-0.25, -0.2) is 14.6 Å². The zero-order valence-electron chi connectivity index (χ0n) is 21.2. The molecular weight excluding hydrogens is 460 g/mol. The number of anilines is 1. The molecule has 2 aliphatic rings. The summed E-state index contributed by atoms with van der Waals surface area (Å²) in [6.45, 7) is 9.98. The van der Waals surface area contributed by atoms with Gasteiger partial charge in [0.1, 0.15) is 6.26 Å². The maximum absolute atomic E-state index is 12.5. The molecule has 5 rings (SSSR count). The molecule has 0 saturated carbocycles. The fourth-order valence-corrected chi connectivity index (χ4v) is 4.79. The highest BCUT2D eigenvalue weighted by Crippen LogP contribution is 2.34. The second-order valence-electron chi connectivity index (χ2n) is 9.59. The number of aryl methyl sites for hydroxylation is 1. The van der Waals surface area contributed by atoms with Crippen LogP contribution in [0.25, 0.3) is 22.5 Å². The van der Waals surface area contributed by atoms with Gasteiger partial charge < -0.3 is 24.7 Å². The van der Waals surface area contributed by atoms with Crippen LogP contribution in [0.1, 0.15) is 25.5 Å². The Bertz CT molecular complexity index is 1160. The van der Waals surface area contributed by atoms with Gasteiger partial charge in [-0.15, -0.1) is 0 Å². The van der Waals surface area contributed by atoms with E-state index in [1.807, 2.05) is 17.8 Å². The molecule has 0 radical (unpaired) electrons. The number of fused-ring (bicyclic) bond motifs is 1. The number of rotatable bonds is 9. The zero-order chi connectivity index (χ0) is 24.9. The minimum absolute atomic E-state index is 0.0534. The molecule has 3 aromatic heterocycles. The first kappa shape index (κ1) is 24.7. The lowest BCUT2D eigenvalue weighted by atomic mass is 10.1. The number of amides is 1. The number of carbonyl (C=O) groups is 1. The Balaban J connectivity index is 1.27. The average Bonchev–Trinajstić information content (AvgIpc) is 3.53. The maximum atomic E-state index is 12.5. The van der Waals surface area contributed by atoms with Crippen LogP contribution in [0.15, 0.2) is 23.1 Å². The summed E-state index contributed by atoms with van der Waals surface area (Å²) < 4.78 is 13.2. The monoisotopic (exact) mass is 496 g/mol. The third-order valence-corrected chi connectivity index (χ3v) is 7.01. The van der Waals surface area contributed by atoms with Gasteiger partial charge in [-0.3, -0.25) is 9.69 Å². The number of pyridine rings is 1. The summed E-state index contributed by atoms with van der Waals surface area (Å²) in [5, 5.41) is 12.1. The van der Waals surface area contributed by atoms with E-state index in [4.69, 9.17) is 9.15 Å². The standard InChI is InChI=1S/C25H36N8O3/c1-3-33-24-20(16-28-33)23(29-18-4-12-35-13-5-18)21(15-27-24)25-30-19(17-36-25)14-22(34)26-6-7-32-10-8-31(2)9-11-32/h15-18H,3-14H2,1-2H3,(H,26,34)(H,27,29). The van der Waals surface area contributed by atoms with E-state index >= 15 is 0 Å². The van der Waals surface area contributed by atoms with Crippen molar-refractivity contribution >= 4 is 22.6 Å². The van der Waals surface area contributed by atoms with E-state index in [0.29, 0.717) is 18.1 Å². The number of aromatic nitrogens is 4. The quantitative estimate of drug-likeness (QED) is 0.456. The van der Waals surface area contributed by atoms with Crippen molar-refractivity contribution in [3.8, 4) is 11.5 Å². The highest BCUT2D eigenvalue weighted by molar-refractivity contribution is 5.96. The second-order valence-corrected chi connectivity index (χ2v) is 9.59. The zero-order valence-corrected chi connectivity index (χ0v) is 21.2. The smallest absolute Gasteiger partial charge is 0.229 e. The average molecular weight is 497 g/mol. The van der Waals surface area contributed by atoms with Gasteiger partial charge in [0.25, 0.3) is 0 Å². The Labute approximate surface area is 211 Å². The minimum atomic E-state index is -0.0534. The molecule has 0 atom stereocenters. The Morgan fingerprint density at radius 1 is 1.17 bits per heavy atom. The fourth-order valence-electron chi connectivity index (χ4n) is 4.79. The SMILES string of the molecule is CCn1ncc2c(NC3CCOCC3)c(-c3nc(CC(=O)NCCN4CCN(C)CC4)co3)cnc21. The summed E-state index contributed by atoms with van der Waals surface area (Å²) in [7, 11) is 2.14. The number of nitrogens with zero attached hydrogens (tertiary/aromatic N) is 6. The Morgan fingerprint density at radius 2 is 1.97 bits per heavy atom. The molecule has 0 bridgehead atoms. The lowest BCUT2D eigenvalue weighted by Gasteiger charge is -2.32. The van der Waals surface area contributed by atoms with Crippen molar-refractivity contribution in [2.45, 2.75) is 38.8 Å². The van der Waals surface area contributed by atoms with Crippen LogP contribution in [-0.4, -0.2) is 101 Å². The summed E-state index contributed by atoms with van der Waals surface area (Å²) in [4.78, 5) is 26.5. The molecular formula is C25H36N8O3. The second kappa shape index (κ2) is 11.4. The van der Waals surface area contributed by atoms with Crippen molar-refractivity contribution in [2.24, 2.45) is 0 Å². The number of likely N-dealkylation sites (N-methyl/N-ethyl adjacent to an activating group) is 1. The number of piperazine rings is 1. The van der Waals surface area contributed by atoms with E-state index in [1.54, 1.807) is 12.5 Å². The molecule has 5 heterocycles. The van der Waals surface area contributed by atoms with Crippen LogP contribution in [0.3, 0.4) is 0 Å². The molecule has 0 aliphatic carbocycles. The van der Waals surface area contributed by atoms with Gasteiger partial charge in [0, 0.05) is 71.3 Å². The van der Waals surface area contributed by atoms with E-state index < -0.39 is 0 Å². The van der Waals surface area contributed by atoms with Crippen LogP contribution in [0, 0.1) is 0 Å². The summed E-state index contributed by atoms with van der Waals surface area (Å²) in [6, 6.07) is 0.286. The number of ether oxygens (including phenoxy) is 1. The van der Waals surface area contributed by atoms with Gasteiger partial charge in [0.2, 0.25) is 11.8 Å². The van der Waals surface area contributed by atoms with Crippen LogP contribution < -0.4 is 10.6 Å². The molecule has 36 heavy (non-hydrogen) atoms. The van der Waals surface area contributed by atoms with E-state index in [0.717, 1.165) is 87.6 Å². The first-order valence-electron chi connectivity index (χ1n) is 12.9. The lowest BCUT2D eigenvalue weighted by Crippen LogP contribution is -2.47. The van der Waals surface area contributed by atoms with Gasteiger partial charge in [-0.05, 0) is 26.8 Å². The molecule has 3 aromatic rings. The number of nitrogens with one attached hydrogen (secondary N) is 2. The van der Waals surface area contributed by atoms with E-state index in [2.05, 4.69) is 42.5 Å². The Kier molecular flexibility index (Phi) is 7.78. The predicted molar refractivity (Wildman–Crippen MR) is 137 cm³/mol. The van der Waals surface area contributed by atoms with E-state index in [-0.39, 0.29) is 18.4 Å². The first-order valence-corrected chi connectivity index (χ1v) is 12.9. The van der Waals surface area contributed by atoms with Crippen LogP contribution in [0.2, 0.25) is 0 Å². The highest BCUT2D eigenvalue weighted by Gasteiger charge is 2.22. The van der Waals surface area contributed by atoms with Gasteiger partial charge in [-0.2, -0.15) is 5.10 Å². The van der Waals surface area contributed by atoms with Gasteiger partial charge in [0.15, 0.2) is 5.65 Å². The normalized spacial score (nSPS) is 18.1. The van der Waals surface area contributed by atoms with E-state index in [9.17, 15) is 4.79 Å². The van der Waals surface area contributed by atoms with Crippen molar-refractivity contribution in [1.29, 1.82) is 0 Å². The predicted octanol–water partition coefficient (Wildman–Crippen LogP) is 1.60. The largest absolute Gasteiger partial charge is 0.444 e. The summed E-state index contributed by atoms with van der Waals surface area (Å²) in [5.41, 5.74) is 3.11. The summed E-state index contributed by atoms with van der Waals surface area (Å²) in [5.74, 6) is 0.394. The van der Waals surface area contributed by atoms with Crippen molar-refractivity contribution < 1.29 is 13.9 Å². The Hall–Kier alpha value is -3.02. The summed E-state index contributed by atoms with van der Waals surface area (Å²) in [6.07, 6.45) is 7.22. The van der Waals surface area contributed by atoms with Gasteiger partial charge in [0.05, 0.1) is 34.9 Å². The first-order chi connectivity index (χ1) is 17.6. The number of hydrogen-bond acceptors (Lipinski definition) is 9. The van der Waals surface area contributed by atoms with Crippen LogP contribution >= 0.6 is 0 Å². The van der Waals surface area contributed by atoms with Crippen molar-refractivity contribution in [1.82, 2.24) is 34.9 Å². The molecule has 0 unspecified atom stereocenters. The van der Waals surface area contributed by atoms with E-state index in [1.165, 1.54) is 0 Å². The number of oxazole rings is 1. The Morgan fingerprint density at radius 3 is 2.75 bits per heavy atom. The van der Waals surface area contributed by atoms with Crippen molar-refractivity contribution in [2.75, 3.05) is 64.8 Å². The summed E-state index contributed by atoms with van der Waals surface area (Å²) >= 11 is 0. The maximum Gasteiger partial charge on any atom is 0.229 e. The van der Waals surface area contributed by atoms with Gasteiger partial charge in [-0.1, -0.05) is 0 Å². The molecule has 11 nitrogen and oxygen atoms in total. The molecule has 2 aliphatic heterocycles. The number of carbonyl (C=O) groups excluding carboxylic acids is 1.